The fourth-order valence-electron chi connectivity index (χ4n) is 1.69. The number of nitrogens with one attached hydrogen (secondary N) is 1. The molecule has 0 saturated heterocycles. The molecule has 0 amide bonds. The van der Waals surface area contributed by atoms with Gasteiger partial charge in [0.1, 0.15) is 11.0 Å². The molecule has 4 nitrogen and oxygen atoms in total. The lowest BCUT2D eigenvalue weighted by Crippen LogP contribution is -2.11. The third-order valence-corrected chi connectivity index (χ3v) is 2.66. The van der Waals surface area contributed by atoms with Crippen molar-refractivity contribution in [2.45, 2.75) is 0 Å². The number of para-hydroxylation sites is 2. The number of halogens is 1. The summed E-state index contributed by atoms with van der Waals surface area (Å²) < 4.78 is 0. The zero-order valence-corrected chi connectivity index (χ0v) is 11.1. The van der Waals surface area contributed by atoms with Crippen LogP contribution < -0.4 is 16.0 Å². The number of nitrogen functional groups attached to an aromatic ring is 1. The normalized spacial score (nSPS) is 10.2. The predicted molar refractivity (Wildman–Crippen MR) is 77.7 cm³/mol. The van der Waals surface area contributed by atoms with Gasteiger partial charge >= 0.3 is 0 Å². The first-order valence-electron chi connectivity index (χ1n) is 5.52. The summed E-state index contributed by atoms with van der Waals surface area (Å²) in [6.45, 7) is 0. The van der Waals surface area contributed by atoms with E-state index in [1.54, 1.807) is 12.1 Å². The average molecular weight is 263 g/mol. The highest BCUT2D eigenvalue weighted by molar-refractivity contribution is 6.29. The zero-order valence-electron chi connectivity index (χ0n) is 10.3. The highest BCUT2D eigenvalue weighted by Crippen LogP contribution is 2.27. The van der Waals surface area contributed by atoms with E-state index in [2.05, 4.69) is 10.3 Å². The topological polar surface area (TPSA) is 54.2 Å². The Morgan fingerprint density at radius 2 is 1.94 bits per heavy atom. The molecule has 0 fully saturated rings. The molecule has 1 heterocycles. The molecule has 94 valence electrons. The number of rotatable bonds is 3. The fourth-order valence-corrected chi connectivity index (χ4v) is 1.91. The van der Waals surface area contributed by atoms with Crippen molar-refractivity contribution in [2.24, 2.45) is 0 Å². The van der Waals surface area contributed by atoms with Crippen molar-refractivity contribution in [3.63, 3.8) is 0 Å². The van der Waals surface area contributed by atoms with Crippen LogP contribution in [0.15, 0.2) is 36.4 Å². The second-order valence-corrected chi connectivity index (χ2v) is 4.53. The fraction of sp³-hybridized carbons (Fsp3) is 0.154. The maximum Gasteiger partial charge on any atom is 0.134 e. The van der Waals surface area contributed by atoms with Crippen LogP contribution in [0.5, 0.6) is 0 Å². The quantitative estimate of drug-likeness (QED) is 0.835. The van der Waals surface area contributed by atoms with Gasteiger partial charge in [-0.05, 0) is 18.2 Å². The summed E-state index contributed by atoms with van der Waals surface area (Å²) in [5.74, 6) is 0.634. The van der Waals surface area contributed by atoms with E-state index < -0.39 is 0 Å². The SMILES string of the molecule is CN(C)c1ccccc1Nc1cc(N)cc(Cl)n1. The second-order valence-electron chi connectivity index (χ2n) is 4.15. The van der Waals surface area contributed by atoms with Gasteiger partial charge < -0.3 is 16.0 Å². The molecule has 0 aliphatic heterocycles. The zero-order chi connectivity index (χ0) is 13.1. The Labute approximate surface area is 111 Å². The first kappa shape index (κ1) is 12.5. The molecule has 0 aliphatic rings. The third-order valence-electron chi connectivity index (χ3n) is 2.47. The molecule has 18 heavy (non-hydrogen) atoms. The molecule has 2 rings (SSSR count). The molecule has 0 atom stereocenters. The molecule has 5 heteroatoms. The highest BCUT2D eigenvalue weighted by Gasteiger charge is 2.05. The van der Waals surface area contributed by atoms with Crippen LogP contribution in [0.4, 0.5) is 22.9 Å². The van der Waals surface area contributed by atoms with Crippen LogP contribution in [0.25, 0.3) is 0 Å². The smallest absolute Gasteiger partial charge is 0.134 e. The number of hydrogen-bond acceptors (Lipinski definition) is 4. The molecule has 3 N–H and O–H groups in total. The van der Waals surface area contributed by atoms with Gasteiger partial charge in [-0.25, -0.2) is 4.98 Å². The lowest BCUT2D eigenvalue weighted by Gasteiger charge is -2.18. The minimum absolute atomic E-state index is 0.375. The van der Waals surface area contributed by atoms with Gasteiger partial charge in [0.25, 0.3) is 0 Å². The van der Waals surface area contributed by atoms with Crippen LogP contribution in [0, 0.1) is 0 Å². The van der Waals surface area contributed by atoms with E-state index in [0.29, 0.717) is 16.7 Å². The summed E-state index contributed by atoms with van der Waals surface area (Å²) in [6, 6.07) is 11.3. The maximum absolute atomic E-state index is 5.88. The number of nitrogens with two attached hydrogens (primary N) is 1. The van der Waals surface area contributed by atoms with Crippen molar-refractivity contribution in [3.05, 3.63) is 41.6 Å². The average Bonchev–Trinajstić information content (AvgIpc) is 2.27. The van der Waals surface area contributed by atoms with Crippen molar-refractivity contribution < 1.29 is 0 Å². The van der Waals surface area contributed by atoms with E-state index in [-0.39, 0.29) is 0 Å². The van der Waals surface area contributed by atoms with Crippen LogP contribution in [0.1, 0.15) is 0 Å². The van der Waals surface area contributed by atoms with Gasteiger partial charge in [-0.3, -0.25) is 0 Å². The number of benzene rings is 1. The largest absolute Gasteiger partial charge is 0.399 e. The van der Waals surface area contributed by atoms with E-state index in [0.717, 1.165) is 11.4 Å². The van der Waals surface area contributed by atoms with Crippen molar-refractivity contribution in [2.75, 3.05) is 30.0 Å². The molecule has 0 unspecified atom stereocenters. The van der Waals surface area contributed by atoms with Gasteiger partial charge in [0.05, 0.1) is 11.4 Å². The lowest BCUT2D eigenvalue weighted by molar-refractivity contribution is 1.13. The van der Waals surface area contributed by atoms with Crippen molar-refractivity contribution in [1.29, 1.82) is 0 Å². The Morgan fingerprint density at radius 1 is 1.22 bits per heavy atom. The minimum atomic E-state index is 0.375. The molecule has 2 aromatic rings. The van der Waals surface area contributed by atoms with Crippen LogP contribution in [0.3, 0.4) is 0 Å². The number of hydrogen-bond donors (Lipinski definition) is 2. The number of anilines is 4. The van der Waals surface area contributed by atoms with Gasteiger partial charge in [-0.15, -0.1) is 0 Å². The Hall–Kier alpha value is -1.94. The van der Waals surface area contributed by atoms with E-state index in [4.69, 9.17) is 17.3 Å². The summed E-state index contributed by atoms with van der Waals surface area (Å²) in [6.07, 6.45) is 0. The molecular weight excluding hydrogens is 248 g/mol. The summed E-state index contributed by atoms with van der Waals surface area (Å²) in [7, 11) is 3.97. The molecule has 1 aromatic carbocycles. The van der Waals surface area contributed by atoms with Crippen molar-refractivity contribution >= 4 is 34.5 Å². The Balaban J connectivity index is 2.34. The summed E-state index contributed by atoms with van der Waals surface area (Å²) in [5, 5.41) is 3.59. The minimum Gasteiger partial charge on any atom is -0.399 e. The summed E-state index contributed by atoms with van der Waals surface area (Å²) in [5.41, 5.74) is 8.34. The van der Waals surface area contributed by atoms with E-state index in [9.17, 15) is 0 Å². The molecule has 0 saturated carbocycles. The van der Waals surface area contributed by atoms with Crippen LogP contribution >= 0.6 is 11.6 Å². The highest BCUT2D eigenvalue weighted by atomic mass is 35.5. The maximum atomic E-state index is 5.88. The van der Waals surface area contributed by atoms with Gasteiger partial charge in [-0.1, -0.05) is 23.7 Å². The second kappa shape index (κ2) is 5.14. The predicted octanol–water partition coefficient (Wildman–Crippen LogP) is 3.13. The van der Waals surface area contributed by atoms with Crippen LogP contribution in [-0.2, 0) is 0 Å². The molecular formula is C13H15ClN4. The Bertz CT molecular complexity index is 534. The number of pyridine rings is 1. The third kappa shape index (κ3) is 2.84. The van der Waals surface area contributed by atoms with Crippen LogP contribution in [-0.4, -0.2) is 19.1 Å². The monoisotopic (exact) mass is 262 g/mol. The van der Waals surface area contributed by atoms with E-state index in [1.165, 1.54) is 0 Å². The molecule has 0 radical (unpaired) electrons. The standard InChI is InChI=1S/C13H15ClN4/c1-18(2)11-6-4-3-5-10(11)16-13-8-9(15)7-12(14)17-13/h3-8H,1-2H3,(H3,15,16,17). The van der Waals surface area contributed by atoms with Gasteiger partial charge in [0, 0.05) is 25.8 Å². The van der Waals surface area contributed by atoms with Gasteiger partial charge in [0.2, 0.25) is 0 Å². The molecule has 1 aromatic heterocycles. The van der Waals surface area contributed by atoms with Crippen LogP contribution in [0.2, 0.25) is 5.15 Å². The Morgan fingerprint density at radius 3 is 2.61 bits per heavy atom. The van der Waals surface area contributed by atoms with Gasteiger partial charge in [-0.2, -0.15) is 0 Å². The first-order chi connectivity index (χ1) is 8.56. The van der Waals surface area contributed by atoms with E-state index in [1.807, 2.05) is 43.3 Å². The Kier molecular flexibility index (Phi) is 3.58. The summed E-state index contributed by atoms with van der Waals surface area (Å²) >= 11 is 5.88. The molecule has 0 bridgehead atoms. The lowest BCUT2D eigenvalue weighted by atomic mass is 10.2. The molecule has 0 spiro atoms. The number of aromatic nitrogens is 1. The first-order valence-corrected chi connectivity index (χ1v) is 5.90. The van der Waals surface area contributed by atoms with Crippen molar-refractivity contribution in [3.8, 4) is 0 Å². The summed E-state index contributed by atoms with van der Waals surface area (Å²) in [4.78, 5) is 6.21. The molecule has 0 aliphatic carbocycles. The van der Waals surface area contributed by atoms with Gasteiger partial charge in [0.15, 0.2) is 0 Å². The van der Waals surface area contributed by atoms with E-state index >= 15 is 0 Å². The number of nitrogens with zero attached hydrogens (tertiary/aromatic N) is 2. The van der Waals surface area contributed by atoms with Crippen molar-refractivity contribution in [1.82, 2.24) is 4.98 Å².